The highest BCUT2D eigenvalue weighted by Gasteiger charge is 2.40. The summed E-state index contributed by atoms with van der Waals surface area (Å²) in [4.78, 5) is -0.473. The number of aliphatic hydroxyl groups excluding tert-OH is 2. The van der Waals surface area contributed by atoms with Crippen LogP contribution >= 0.6 is 0 Å². The van der Waals surface area contributed by atoms with Crippen molar-refractivity contribution < 1.29 is 31.8 Å². The molecule has 9 heteroatoms. The molecule has 0 spiro atoms. The Bertz CT molecular complexity index is 634. The largest absolute Gasteiger partial charge is 0.416 e. The zero-order valence-corrected chi connectivity index (χ0v) is 11.8. The summed E-state index contributed by atoms with van der Waals surface area (Å²) in [5.74, 6) is 0. The molecule has 1 aliphatic heterocycles. The van der Waals surface area contributed by atoms with Crippen LogP contribution in [0.15, 0.2) is 23.1 Å². The molecular weight excluding hydrogens is 311 g/mol. The lowest BCUT2D eigenvalue weighted by atomic mass is 10.1. The third-order valence-electron chi connectivity index (χ3n) is 3.43. The van der Waals surface area contributed by atoms with Gasteiger partial charge in [0.25, 0.3) is 0 Å². The Morgan fingerprint density at radius 3 is 2.19 bits per heavy atom. The van der Waals surface area contributed by atoms with E-state index in [0.717, 1.165) is 29.4 Å². The molecule has 0 radical (unpaired) electrons. The Morgan fingerprint density at radius 1 is 1.19 bits per heavy atom. The van der Waals surface area contributed by atoms with Crippen LogP contribution in [0.25, 0.3) is 0 Å². The van der Waals surface area contributed by atoms with E-state index in [-0.39, 0.29) is 13.1 Å². The summed E-state index contributed by atoms with van der Waals surface area (Å²) in [5, 5.41) is 18.8. The molecule has 1 fully saturated rings. The lowest BCUT2D eigenvalue weighted by molar-refractivity contribution is -0.138. The molecule has 5 nitrogen and oxygen atoms in total. The number of halogens is 3. The fraction of sp³-hybridized carbons (Fsp3) is 0.500. The Balaban J connectivity index is 2.47. The molecule has 1 saturated heterocycles. The van der Waals surface area contributed by atoms with Crippen molar-refractivity contribution in [3.05, 3.63) is 29.3 Å². The van der Waals surface area contributed by atoms with Crippen molar-refractivity contribution in [2.24, 2.45) is 0 Å². The molecule has 2 N–H and O–H groups in total. The van der Waals surface area contributed by atoms with Crippen LogP contribution in [0.1, 0.15) is 11.1 Å². The minimum absolute atomic E-state index is 0.348. The molecule has 1 aromatic rings. The van der Waals surface area contributed by atoms with E-state index in [1.165, 1.54) is 0 Å². The van der Waals surface area contributed by atoms with Crippen LogP contribution in [0.2, 0.25) is 0 Å². The predicted octanol–water partition coefficient (Wildman–Crippen LogP) is 0.740. The fourth-order valence-electron chi connectivity index (χ4n) is 2.27. The van der Waals surface area contributed by atoms with Gasteiger partial charge < -0.3 is 10.2 Å². The second kappa shape index (κ2) is 5.24. The lowest BCUT2D eigenvalue weighted by Crippen LogP contribution is -2.31. The second-order valence-electron chi connectivity index (χ2n) is 4.88. The highest BCUT2D eigenvalue weighted by atomic mass is 32.2. The zero-order chi connectivity index (χ0) is 16.0. The minimum atomic E-state index is -4.65. The summed E-state index contributed by atoms with van der Waals surface area (Å²) < 4.78 is 64.0. The van der Waals surface area contributed by atoms with Gasteiger partial charge in [-0.25, -0.2) is 8.42 Å². The molecule has 0 saturated carbocycles. The first-order chi connectivity index (χ1) is 9.55. The van der Waals surface area contributed by atoms with E-state index >= 15 is 0 Å². The standard InChI is InChI=1S/C12H14F3NO4S/c1-7-8(12(13,14)15)3-2-4-11(7)21(19,20)16-5-9(17)10(18)6-16/h2-4,9-10,17-18H,5-6H2,1H3/t9-,10+. The molecule has 118 valence electrons. The first kappa shape index (κ1) is 16.2. The van der Waals surface area contributed by atoms with Gasteiger partial charge in [-0.05, 0) is 24.6 Å². The normalized spacial score (nSPS) is 24.5. The molecular formula is C12H14F3NO4S. The number of hydrogen-bond donors (Lipinski definition) is 2. The van der Waals surface area contributed by atoms with Crippen molar-refractivity contribution in [1.82, 2.24) is 4.31 Å². The average molecular weight is 325 g/mol. The Morgan fingerprint density at radius 2 is 1.71 bits per heavy atom. The molecule has 1 aliphatic rings. The van der Waals surface area contributed by atoms with E-state index in [2.05, 4.69) is 0 Å². The van der Waals surface area contributed by atoms with E-state index in [1.807, 2.05) is 0 Å². The van der Waals surface area contributed by atoms with Gasteiger partial charge in [0.2, 0.25) is 10.0 Å². The van der Waals surface area contributed by atoms with E-state index < -0.39 is 44.4 Å². The molecule has 2 atom stereocenters. The van der Waals surface area contributed by atoms with Gasteiger partial charge in [-0.15, -0.1) is 0 Å². The van der Waals surface area contributed by atoms with Gasteiger partial charge in [0.05, 0.1) is 22.7 Å². The maximum absolute atomic E-state index is 12.8. The molecule has 1 heterocycles. The second-order valence-corrected chi connectivity index (χ2v) is 6.79. The van der Waals surface area contributed by atoms with Gasteiger partial charge in [0, 0.05) is 13.1 Å². The first-order valence-electron chi connectivity index (χ1n) is 6.08. The average Bonchev–Trinajstić information content (AvgIpc) is 2.69. The van der Waals surface area contributed by atoms with Crippen molar-refractivity contribution in [3.8, 4) is 0 Å². The maximum Gasteiger partial charge on any atom is 0.416 e. The summed E-state index contributed by atoms with van der Waals surface area (Å²) >= 11 is 0. The Labute approximate surface area is 119 Å². The van der Waals surface area contributed by atoms with E-state index in [0.29, 0.717) is 0 Å². The summed E-state index contributed by atoms with van der Waals surface area (Å²) in [6.45, 7) is 0.386. The maximum atomic E-state index is 12.8. The number of benzene rings is 1. The third-order valence-corrected chi connectivity index (χ3v) is 5.41. The number of nitrogens with zero attached hydrogens (tertiary/aromatic N) is 1. The topological polar surface area (TPSA) is 77.8 Å². The molecule has 2 rings (SSSR count). The lowest BCUT2D eigenvalue weighted by Gasteiger charge is -2.19. The molecule has 0 unspecified atom stereocenters. The zero-order valence-electron chi connectivity index (χ0n) is 11.0. The molecule has 0 aromatic heterocycles. The van der Waals surface area contributed by atoms with Gasteiger partial charge in [-0.2, -0.15) is 17.5 Å². The summed E-state index contributed by atoms with van der Waals surface area (Å²) in [6, 6.07) is 2.91. The molecule has 0 aliphatic carbocycles. The van der Waals surface area contributed by atoms with Crippen molar-refractivity contribution >= 4 is 10.0 Å². The van der Waals surface area contributed by atoms with Crippen LogP contribution in [-0.2, 0) is 16.2 Å². The van der Waals surface area contributed by atoms with Crippen molar-refractivity contribution in [1.29, 1.82) is 0 Å². The van der Waals surface area contributed by atoms with Crippen molar-refractivity contribution in [3.63, 3.8) is 0 Å². The van der Waals surface area contributed by atoms with Crippen molar-refractivity contribution in [2.75, 3.05) is 13.1 Å². The number of β-amino-alcohol motifs (C(OH)–C–C–N with tert-alkyl or cyclic N) is 2. The van der Waals surface area contributed by atoms with Gasteiger partial charge in [-0.1, -0.05) is 6.07 Å². The van der Waals surface area contributed by atoms with Crippen molar-refractivity contribution in [2.45, 2.75) is 30.2 Å². The van der Waals surface area contributed by atoms with E-state index in [4.69, 9.17) is 0 Å². The van der Waals surface area contributed by atoms with Crippen LogP contribution in [0.4, 0.5) is 13.2 Å². The van der Waals surface area contributed by atoms with Crippen LogP contribution < -0.4 is 0 Å². The number of hydrogen-bond acceptors (Lipinski definition) is 4. The van der Waals surface area contributed by atoms with Crippen LogP contribution in [-0.4, -0.2) is 48.2 Å². The number of rotatable bonds is 2. The highest BCUT2D eigenvalue weighted by molar-refractivity contribution is 7.89. The number of sulfonamides is 1. The smallest absolute Gasteiger partial charge is 0.389 e. The monoisotopic (exact) mass is 325 g/mol. The Kier molecular flexibility index (Phi) is 4.04. The van der Waals surface area contributed by atoms with Gasteiger partial charge in [0.1, 0.15) is 0 Å². The SMILES string of the molecule is Cc1c(C(F)(F)F)cccc1S(=O)(=O)N1C[C@@H](O)[C@@H](O)C1. The highest BCUT2D eigenvalue weighted by Crippen LogP contribution is 2.35. The van der Waals surface area contributed by atoms with Crippen LogP contribution in [0, 0.1) is 6.92 Å². The summed E-state index contributed by atoms with van der Waals surface area (Å²) in [6.07, 6.45) is -7.14. The van der Waals surface area contributed by atoms with Crippen LogP contribution in [0.5, 0.6) is 0 Å². The predicted molar refractivity (Wildman–Crippen MR) is 67.0 cm³/mol. The molecule has 1 aromatic carbocycles. The van der Waals surface area contributed by atoms with Gasteiger partial charge >= 0.3 is 6.18 Å². The third kappa shape index (κ3) is 2.91. The fourth-order valence-corrected chi connectivity index (χ4v) is 4.00. The first-order valence-corrected chi connectivity index (χ1v) is 7.52. The molecule has 21 heavy (non-hydrogen) atoms. The molecule has 0 bridgehead atoms. The number of alkyl halides is 3. The van der Waals surface area contributed by atoms with Gasteiger partial charge in [-0.3, -0.25) is 0 Å². The van der Waals surface area contributed by atoms with Gasteiger partial charge in [0.15, 0.2) is 0 Å². The van der Waals surface area contributed by atoms with Crippen LogP contribution in [0.3, 0.4) is 0 Å². The summed E-state index contributed by atoms with van der Waals surface area (Å²) in [7, 11) is -4.20. The molecule has 0 amide bonds. The van der Waals surface area contributed by atoms with E-state index in [9.17, 15) is 31.8 Å². The minimum Gasteiger partial charge on any atom is -0.389 e. The summed E-state index contributed by atoms with van der Waals surface area (Å²) in [5.41, 5.74) is -1.43. The quantitative estimate of drug-likeness (QED) is 0.841. The van der Waals surface area contributed by atoms with E-state index in [1.54, 1.807) is 0 Å². The number of aliphatic hydroxyl groups is 2. The Hall–Kier alpha value is -1.16.